The lowest BCUT2D eigenvalue weighted by Crippen LogP contribution is -2.44. The second-order valence-electron chi connectivity index (χ2n) is 5.24. The maximum Gasteiger partial charge on any atom is 0.224 e. The van der Waals surface area contributed by atoms with E-state index in [0.29, 0.717) is 11.9 Å². The molecule has 1 atom stereocenters. The van der Waals surface area contributed by atoms with Crippen molar-refractivity contribution in [2.75, 3.05) is 13.1 Å². The predicted molar refractivity (Wildman–Crippen MR) is 65.2 cm³/mol. The van der Waals surface area contributed by atoms with Crippen LogP contribution in [0, 0.1) is 5.92 Å². The fourth-order valence-corrected chi connectivity index (χ4v) is 2.82. The maximum atomic E-state index is 12.0. The molecule has 16 heavy (non-hydrogen) atoms. The van der Waals surface area contributed by atoms with Gasteiger partial charge in [0.2, 0.25) is 5.91 Å². The van der Waals surface area contributed by atoms with Gasteiger partial charge in [-0.05, 0) is 32.2 Å². The normalized spacial score (nSPS) is 28.4. The Morgan fingerprint density at radius 3 is 2.38 bits per heavy atom. The molecule has 1 saturated carbocycles. The number of carbonyl (C=O) groups excluding carboxylic acids is 1. The largest absolute Gasteiger partial charge is 0.353 e. The Morgan fingerprint density at radius 2 is 1.75 bits per heavy atom. The zero-order valence-corrected chi connectivity index (χ0v) is 10.1. The van der Waals surface area contributed by atoms with Crippen molar-refractivity contribution in [2.45, 2.75) is 57.4 Å². The molecule has 2 N–H and O–H groups in total. The third kappa shape index (κ3) is 3.48. The number of hydrogen-bond donors (Lipinski definition) is 2. The number of nitrogens with one attached hydrogen (secondary N) is 2. The van der Waals surface area contributed by atoms with Gasteiger partial charge in [-0.3, -0.25) is 4.79 Å². The Bertz CT molecular complexity index is 216. The van der Waals surface area contributed by atoms with E-state index >= 15 is 0 Å². The highest BCUT2D eigenvalue weighted by Crippen LogP contribution is 2.18. The number of rotatable bonds is 2. The summed E-state index contributed by atoms with van der Waals surface area (Å²) >= 11 is 0. The first-order valence-electron chi connectivity index (χ1n) is 6.87. The van der Waals surface area contributed by atoms with Gasteiger partial charge in [-0.15, -0.1) is 0 Å². The lowest BCUT2D eigenvalue weighted by Gasteiger charge is -2.25. The summed E-state index contributed by atoms with van der Waals surface area (Å²) in [5, 5.41) is 6.55. The zero-order chi connectivity index (χ0) is 11.2. The van der Waals surface area contributed by atoms with Gasteiger partial charge in [0, 0.05) is 12.6 Å². The van der Waals surface area contributed by atoms with Crippen LogP contribution in [0.4, 0.5) is 0 Å². The molecule has 3 nitrogen and oxygen atoms in total. The van der Waals surface area contributed by atoms with Crippen LogP contribution in [0.5, 0.6) is 0 Å². The van der Waals surface area contributed by atoms with Crippen LogP contribution in [0.25, 0.3) is 0 Å². The number of carbonyl (C=O) groups is 1. The molecular formula is C13H24N2O. The average molecular weight is 224 g/mol. The van der Waals surface area contributed by atoms with Crippen LogP contribution in [0.15, 0.2) is 0 Å². The minimum Gasteiger partial charge on any atom is -0.353 e. The van der Waals surface area contributed by atoms with Crippen LogP contribution in [-0.2, 0) is 4.79 Å². The van der Waals surface area contributed by atoms with Crippen LogP contribution in [0.1, 0.15) is 51.4 Å². The highest BCUT2D eigenvalue weighted by atomic mass is 16.2. The third-order valence-corrected chi connectivity index (χ3v) is 3.87. The van der Waals surface area contributed by atoms with E-state index in [2.05, 4.69) is 10.6 Å². The molecule has 1 saturated heterocycles. The molecule has 1 heterocycles. The third-order valence-electron chi connectivity index (χ3n) is 3.87. The molecule has 2 aliphatic rings. The predicted octanol–water partition coefficient (Wildman–Crippen LogP) is 1.82. The molecule has 0 spiro atoms. The second-order valence-corrected chi connectivity index (χ2v) is 5.24. The van der Waals surface area contributed by atoms with Gasteiger partial charge < -0.3 is 10.6 Å². The van der Waals surface area contributed by atoms with E-state index in [1.807, 2.05) is 0 Å². The molecule has 0 aromatic heterocycles. The van der Waals surface area contributed by atoms with Crippen molar-refractivity contribution in [3.8, 4) is 0 Å². The average Bonchev–Trinajstić information content (AvgIpc) is 2.59. The maximum absolute atomic E-state index is 12.0. The second kappa shape index (κ2) is 6.24. The van der Waals surface area contributed by atoms with Gasteiger partial charge in [-0.1, -0.05) is 25.7 Å². The van der Waals surface area contributed by atoms with Crippen molar-refractivity contribution in [3.05, 3.63) is 0 Å². The molecule has 3 heteroatoms. The number of amides is 1. The SMILES string of the molecule is O=C(NC1CCCCCC1)[C@H]1CCCNC1. The zero-order valence-electron chi connectivity index (χ0n) is 10.1. The Hall–Kier alpha value is -0.570. The van der Waals surface area contributed by atoms with E-state index in [-0.39, 0.29) is 5.92 Å². The molecule has 2 rings (SSSR count). The molecule has 1 amide bonds. The summed E-state index contributed by atoms with van der Waals surface area (Å²) in [6, 6.07) is 0.455. The van der Waals surface area contributed by atoms with Crippen molar-refractivity contribution >= 4 is 5.91 Å². The van der Waals surface area contributed by atoms with Gasteiger partial charge in [-0.2, -0.15) is 0 Å². The van der Waals surface area contributed by atoms with Gasteiger partial charge in [-0.25, -0.2) is 0 Å². The van der Waals surface area contributed by atoms with Crippen LogP contribution >= 0.6 is 0 Å². The highest BCUT2D eigenvalue weighted by molar-refractivity contribution is 5.79. The van der Waals surface area contributed by atoms with E-state index in [0.717, 1.165) is 25.9 Å². The molecule has 0 unspecified atom stereocenters. The van der Waals surface area contributed by atoms with Crippen molar-refractivity contribution in [3.63, 3.8) is 0 Å². The van der Waals surface area contributed by atoms with Gasteiger partial charge in [0.25, 0.3) is 0 Å². The Labute approximate surface area is 98.4 Å². The summed E-state index contributed by atoms with van der Waals surface area (Å²) in [4.78, 5) is 12.0. The molecule has 0 aromatic rings. The summed E-state index contributed by atoms with van der Waals surface area (Å²) in [5.74, 6) is 0.510. The lowest BCUT2D eigenvalue weighted by atomic mass is 9.98. The molecule has 0 aromatic carbocycles. The molecule has 0 bridgehead atoms. The molecule has 2 fully saturated rings. The summed E-state index contributed by atoms with van der Waals surface area (Å²) in [6.45, 7) is 1.95. The van der Waals surface area contributed by atoms with Gasteiger partial charge >= 0.3 is 0 Å². The van der Waals surface area contributed by atoms with Crippen molar-refractivity contribution in [2.24, 2.45) is 5.92 Å². The highest BCUT2D eigenvalue weighted by Gasteiger charge is 2.23. The molecule has 92 valence electrons. The monoisotopic (exact) mass is 224 g/mol. The fourth-order valence-electron chi connectivity index (χ4n) is 2.82. The first-order valence-corrected chi connectivity index (χ1v) is 6.87. The van der Waals surface area contributed by atoms with E-state index in [4.69, 9.17) is 0 Å². The van der Waals surface area contributed by atoms with Crippen LogP contribution in [0.3, 0.4) is 0 Å². The number of piperidine rings is 1. The van der Waals surface area contributed by atoms with Crippen LogP contribution in [0.2, 0.25) is 0 Å². The first kappa shape index (κ1) is 11.9. The van der Waals surface area contributed by atoms with Crippen molar-refractivity contribution in [1.29, 1.82) is 0 Å². The van der Waals surface area contributed by atoms with E-state index in [1.165, 1.54) is 38.5 Å². The minimum absolute atomic E-state index is 0.219. The summed E-state index contributed by atoms with van der Waals surface area (Å²) in [7, 11) is 0. The van der Waals surface area contributed by atoms with E-state index in [9.17, 15) is 4.79 Å². The summed E-state index contributed by atoms with van der Waals surface area (Å²) in [5.41, 5.74) is 0. The molecular weight excluding hydrogens is 200 g/mol. The lowest BCUT2D eigenvalue weighted by molar-refractivity contribution is -0.126. The van der Waals surface area contributed by atoms with Crippen molar-refractivity contribution in [1.82, 2.24) is 10.6 Å². The number of hydrogen-bond acceptors (Lipinski definition) is 2. The smallest absolute Gasteiger partial charge is 0.224 e. The Balaban J connectivity index is 1.76. The quantitative estimate of drug-likeness (QED) is 0.703. The summed E-state index contributed by atoms with van der Waals surface area (Å²) < 4.78 is 0. The van der Waals surface area contributed by atoms with E-state index < -0.39 is 0 Å². The Kier molecular flexibility index (Phi) is 4.64. The topological polar surface area (TPSA) is 41.1 Å². The van der Waals surface area contributed by atoms with Crippen molar-refractivity contribution < 1.29 is 4.79 Å². The minimum atomic E-state index is 0.219. The Morgan fingerprint density at radius 1 is 1.00 bits per heavy atom. The van der Waals surface area contributed by atoms with Gasteiger partial charge in [0.05, 0.1) is 5.92 Å². The first-order chi connectivity index (χ1) is 7.86. The van der Waals surface area contributed by atoms with Crippen LogP contribution < -0.4 is 10.6 Å². The standard InChI is InChI=1S/C13H24N2O/c16-13(11-6-5-9-14-10-11)15-12-7-3-1-2-4-8-12/h11-12,14H,1-10H2,(H,15,16)/t11-/m0/s1. The molecule has 0 radical (unpaired) electrons. The van der Waals surface area contributed by atoms with Gasteiger partial charge in [0.1, 0.15) is 0 Å². The van der Waals surface area contributed by atoms with Crippen LogP contribution in [-0.4, -0.2) is 25.0 Å². The van der Waals surface area contributed by atoms with E-state index in [1.54, 1.807) is 0 Å². The molecule has 1 aliphatic carbocycles. The summed E-state index contributed by atoms with van der Waals surface area (Å²) in [6.07, 6.45) is 9.84. The molecule has 1 aliphatic heterocycles. The fraction of sp³-hybridized carbons (Fsp3) is 0.923. The van der Waals surface area contributed by atoms with Gasteiger partial charge in [0.15, 0.2) is 0 Å².